The van der Waals surface area contributed by atoms with Crippen LogP contribution in [0.15, 0.2) is 36.5 Å². The largest absolute Gasteiger partial charge is 0.462 e. The molecular weight excluding hydrogens is 877 g/mol. The first kappa shape index (κ1) is 68.6. The Bertz CT molecular complexity index is 1190. The Morgan fingerprint density at radius 2 is 0.507 bits per heavy atom. The summed E-state index contributed by atoms with van der Waals surface area (Å²) in [7, 11) is 0. The quantitative estimate of drug-likeness (QED) is 0.0261. The van der Waals surface area contributed by atoms with Gasteiger partial charge in [-0.15, -0.1) is 0 Å². The molecule has 0 spiro atoms. The molecule has 1 atom stereocenters. The summed E-state index contributed by atoms with van der Waals surface area (Å²) in [6.45, 7) is 6.64. The van der Waals surface area contributed by atoms with Gasteiger partial charge in [0.15, 0.2) is 6.10 Å². The van der Waals surface area contributed by atoms with Crippen molar-refractivity contribution in [3.8, 4) is 0 Å². The average Bonchev–Trinajstić information content (AvgIpc) is 3.37. The van der Waals surface area contributed by atoms with Crippen molar-refractivity contribution in [1.82, 2.24) is 0 Å². The van der Waals surface area contributed by atoms with Gasteiger partial charge in [-0.3, -0.25) is 14.4 Å². The zero-order chi connectivity index (χ0) is 51.4. The molecule has 416 valence electrons. The molecule has 6 heteroatoms. The lowest BCUT2D eigenvalue weighted by Crippen LogP contribution is -2.30. The number of hydrogen-bond donors (Lipinski definition) is 0. The second-order valence-electron chi connectivity index (χ2n) is 21.3. The molecule has 0 amide bonds. The summed E-state index contributed by atoms with van der Waals surface area (Å²) in [5, 5.41) is 0. The van der Waals surface area contributed by atoms with Crippen molar-refractivity contribution < 1.29 is 28.6 Å². The van der Waals surface area contributed by atoms with Crippen LogP contribution >= 0.6 is 0 Å². The van der Waals surface area contributed by atoms with Gasteiger partial charge in [0.05, 0.1) is 0 Å². The van der Waals surface area contributed by atoms with Gasteiger partial charge in [0.1, 0.15) is 13.2 Å². The van der Waals surface area contributed by atoms with Crippen LogP contribution in [-0.4, -0.2) is 37.2 Å². The first-order valence-electron chi connectivity index (χ1n) is 31.5. The summed E-state index contributed by atoms with van der Waals surface area (Å²) in [6, 6.07) is 0. The third kappa shape index (κ3) is 58.4. The average molecular weight is 998 g/mol. The van der Waals surface area contributed by atoms with Crippen molar-refractivity contribution in [2.75, 3.05) is 13.2 Å². The Kier molecular flexibility index (Phi) is 58.2. The number of allylic oxidation sites excluding steroid dienone is 6. The highest BCUT2D eigenvalue weighted by molar-refractivity contribution is 5.71. The Balaban J connectivity index is 4.11. The zero-order valence-corrected chi connectivity index (χ0v) is 47.8. The first-order valence-corrected chi connectivity index (χ1v) is 31.5. The molecule has 0 aliphatic heterocycles. The smallest absolute Gasteiger partial charge is 0.306 e. The predicted octanol–water partition coefficient (Wildman–Crippen LogP) is 21.2. The number of unbranched alkanes of at least 4 members (excludes halogenated alkanes) is 41. The molecule has 0 radical (unpaired) electrons. The van der Waals surface area contributed by atoms with Crippen LogP contribution in [-0.2, 0) is 28.6 Å². The minimum absolute atomic E-state index is 0.0691. The molecular formula is C65H120O6. The van der Waals surface area contributed by atoms with E-state index in [1.165, 1.54) is 231 Å². The molecule has 0 saturated carbocycles. The predicted molar refractivity (Wildman–Crippen MR) is 307 cm³/mol. The van der Waals surface area contributed by atoms with Gasteiger partial charge in [-0.2, -0.15) is 0 Å². The van der Waals surface area contributed by atoms with Gasteiger partial charge in [0.25, 0.3) is 0 Å². The summed E-state index contributed by atoms with van der Waals surface area (Å²) in [5.41, 5.74) is 0. The lowest BCUT2D eigenvalue weighted by molar-refractivity contribution is -0.167. The highest BCUT2D eigenvalue weighted by Gasteiger charge is 2.19. The zero-order valence-electron chi connectivity index (χ0n) is 47.8. The number of esters is 3. The van der Waals surface area contributed by atoms with Crippen LogP contribution in [0.25, 0.3) is 0 Å². The fourth-order valence-corrected chi connectivity index (χ4v) is 9.39. The number of rotatable bonds is 58. The molecule has 0 aromatic rings. The lowest BCUT2D eigenvalue weighted by Gasteiger charge is -2.18. The highest BCUT2D eigenvalue weighted by Crippen LogP contribution is 2.17. The molecule has 0 aromatic carbocycles. The topological polar surface area (TPSA) is 78.9 Å². The second-order valence-corrected chi connectivity index (χ2v) is 21.3. The molecule has 71 heavy (non-hydrogen) atoms. The Morgan fingerprint density at radius 3 is 0.789 bits per heavy atom. The van der Waals surface area contributed by atoms with Gasteiger partial charge < -0.3 is 14.2 Å². The summed E-state index contributed by atoms with van der Waals surface area (Å²) in [5.74, 6) is -0.859. The maximum atomic E-state index is 12.8. The Morgan fingerprint density at radius 1 is 0.282 bits per heavy atom. The molecule has 0 aliphatic carbocycles. The summed E-state index contributed by atoms with van der Waals surface area (Å²) < 4.78 is 16.8. The van der Waals surface area contributed by atoms with Gasteiger partial charge in [-0.25, -0.2) is 0 Å². The Labute approximate surface area is 442 Å². The van der Waals surface area contributed by atoms with Gasteiger partial charge in [-0.1, -0.05) is 301 Å². The molecule has 0 aromatic heterocycles. The van der Waals surface area contributed by atoms with Gasteiger partial charge >= 0.3 is 17.9 Å². The van der Waals surface area contributed by atoms with E-state index in [1.807, 2.05) is 0 Å². The molecule has 6 nitrogen and oxygen atoms in total. The first-order chi connectivity index (χ1) is 35.0. The van der Waals surface area contributed by atoms with E-state index < -0.39 is 6.10 Å². The van der Waals surface area contributed by atoms with Gasteiger partial charge in [0, 0.05) is 19.3 Å². The van der Waals surface area contributed by atoms with E-state index in [9.17, 15) is 14.4 Å². The van der Waals surface area contributed by atoms with Crippen molar-refractivity contribution >= 4 is 17.9 Å². The normalized spacial score (nSPS) is 12.2. The van der Waals surface area contributed by atoms with E-state index >= 15 is 0 Å². The van der Waals surface area contributed by atoms with Crippen LogP contribution in [0.2, 0.25) is 0 Å². The highest BCUT2D eigenvalue weighted by atomic mass is 16.6. The summed E-state index contributed by atoms with van der Waals surface area (Å²) in [4.78, 5) is 38.0. The third-order valence-corrected chi connectivity index (χ3v) is 14.1. The minimum Gasteiger partial charge on any atom is -0.462 e. The van der Waals surface area contributed by atoms with E-state index in [0.29, 0.717) is 19.3 Å². The summed E-state index contributed by atoms with van der Waals surface area (Å²) in [6.07, 6.45) is 73.2. The molecule has 0 N–H and O–H groups in total. The fraction of sp³-hybridized carbons (Fsp3) is 0.862. The molecule has 0 fully saturated rings. The van der Waals surface area contributed by atoms with Crippen LogP contribution < -0.4 is 0 Å². The molecule has 0 bridgehead atoms. The maximum absolute atomic E-state index is 12.8. The summed E-state index contributed by atoms with van der Waals surface area (Å²) >= 11 is 0. The fourth-order valence-electron chi connectivity index (χ4n) is 9.39. The minimum atomic E-state index is -0.768. The maximum Gasteiger partial charge on any atom is 0.306 e. The van der Waals surface area contributed by atoms with Crippen molar-refractivity contribution in [1.29, 1.82) is 0 Å². The standard InChI is InChI=1S/C65H120O6/c1-4-7-10-13-16-18-20-22-24-26-28-30-31-32-33-35-36-38-40-42-44-46-49-52-55-58-64(67)70-61-62(60-69-63(66)57-54-51-48-15-12-9-6-3)71-65(68)59-56-53-50-47-45-43-41-39-37-34-29-27-25-23-21-19-17-14-11-8-5-2/h20,22,26,28,31-32,62H,4-19,21,23-25,27,29-30,33-61H2,1-3H3/b22-20-,28-26-,32-31-. The molecule has 0 heterocycles. The number of ether oxygens (including phenoxy) is 3. The second kappa shape index (κ2) is 60.2. The molecule has 0 aliphatic rings. The monoisotopic (exact) mass is 997 g/mol. The number of carbonyl (C=O) groups is 3. The SMILES string of the molecule is CCCCCCC/C=C\C/C=C\C/C=C\CCCCCCCCCCCCC(=O)OCC(COC(=O)CCCCCCCCC)OC(=O)CCCCCCCCCCCCCCCCCCCCCCC. The lowest BCUT2D eigenvalue weighted by atomic mass is 10.0. The van der Waals surface area contributed by atoms with Crippen molar-refractivity contribution in [3.63, 3.8) is 0 Å². The van der Waals surface area contributed by atoms with E-state index in [0.717, 1.165) is 70.6 Å². The van der Waals surface area contributed by atoms with Crippen molar-refractivity contribution in [2.45, 2.75) is 348 Å². The number of carbonyl (C=O) groups excluding carboxylic acids is 3. The van der Waals surface area contributed by atoms with Crippen LogP contribution in [0, 0.1) is 0 Å². The van der Waals surface area contributed by atoms with E-state index in [-0.39, 0.29) is 31.1 Å². The van der Waals surface area contributed by atoms with Crippen LogP contribution in [0.3, 0.4) is 0 Å². The van der Waals surface area contributed by atoms with Crippen LogP contribution in [0.4, 0.5) is 0 Å². The van der Waals surface area contributed by atoms with E-state index in [1.54, 1.807) is 0 Å². The van der Waals surface area contributed by atoms with Crippen LogP contribution in [0.5, 0.6) is 0 Å². The number of hydrogen-bond acceptors (Lipinski definition) is 6. The van der Waals surface area contributed by atoms with Crippen molar-refractivity contribution in [3.05, 3.63) is 36.5 Å². The van der Waals surface area contributed by atoms with E-state index in [4.69, 9.17) is 14.2 Å². The molecule has 1 unspecified atom stereocenters. The molecule has 0 saturated heterocycles. The van der Waals surface area contributed by atoms with Crippen LogP contribution in [0.1, 0.15) is 342 Å². The Hall–Kier alpha value is -2.37. The third-order valence-electron chi connectivity index (χ3n) is 14.1. The van der Waals surface area contributed by atoms with Gasteiger partial charge in [0.2, 0.25) is 0 Å². The van der Waals surface area contributed by atoms with E-state index in [2.05, 4.69) is 57.2 Å². The van der Waals surface area contributed by atoms with Crippen molar-refractivity contribution in [2.24, 2.45) is 0 Å². The van der Waals surface area contributed by atoms with Gasteiger partial charge in [-0.05, 0) is 57.8 Å². The molecule has 0 rings (SSSR count).